The van der Waals surface area contributed by atoms with Crippen molar-refractivity contribution in [2.75, 3.05) is 21.3 Å². The molecular weight excluding hydrogens is 368 g/mol. The number of nitrogens with zero attached hydrogens (tertiary/aromatic N) is 2. The van der Waals surface area contributed by atoms with E-state index < -0.39 is 12.0 Å². The number of methoxy groups -OCH3 is 3. The number of aromatic nitrogens is 2. The van der Waals surface area contributed by atoms with Crippen LogP contribution in [0.5, 0.6) is 11.5 Å². The molecule has 1 unspecified atom stereocenters. The standard InChI is InChI=1S/C19H20N2O5S/c1-5-13(19(23)26-4)21-10-20-17-16(18(21)22)12(9-27-17)11-6-7-14(24-2)15(8-11)25-3/h6-10,13H,5H2,1-4H3. The van der Waals surface area contributed by atoms with Gasteiger partial charge >= 0.3 is 5.97 Å². The molecule has 3 rings (SSSR count). The Morgan fingerprint density at radius 1 is 1.22 bits per heavy atom. The maximum atomic E-state index is 13.1. The summed E-state index contributed by atoms with van der Waals surface area (Å²) in [5.74, 6) is 0.705. The fourth-order valence-electron chi connectivity index (χ4n) is 3.00. The molecule has 0 spiro atoms. The van der Waals surface area contributed by atoms with Gasteiger partial charge in [0.25, 0.3) is 5.56 Å². The number of hydrogen-bond acceptors (Lipinski definition) is 7. The van der Waals surface area contributed by atoms with Crippen LogP contribution in [0, 0.1) is 0 Å². The van der Waals surface area contributed by atoms with E-state index in [1.54, 1.807) is 20.3 Å². The monoisotopic (exact) mass is 388 g/mol. The summed E-state index contributed by atoms with van der Waals surface area (Å²) in [4.78, 5) is 30.2. The molecular formula is C19H20N2O5S. The topological polar surface area (TPSA) is 79.7 Å². The third-order valence-electron chi connectivity index (χ3n) is 4.41. The molecule has 1 atom stereocenters. The lowest BCUT2D eigenvalue weighted by Gasteiger charge is -2.15. The molecule has 3 aromatic rings. The first-order chi connectivity index (χ1) is 13.0. The third-order valence-corrected chi connectivity index (χ3v) is 5.30. The van der Waals surface area contributed by atoms with Gasteiger partial charge in [0, 0.05) is 10.9 Å². The van der Waals surface area contributed by atoms with Gasteiger partial charge in [-0.15, -0.1) is 11.3 Å². The molecule has 0 fully saturated rings. The quantitative estimate of drug-likeness (QED) is 0.603. The first-order valence-electron chi connectivity index (χ1n) is 8.34. The smallest absolute Gasteiger partial charge is 0.329 e. The molecule has 0 N–H and O–H groups in total. The van der Waals surface area contributed by atoms with Crippen LogP contribution in [0.4, 0.5) is 0 Å². The summed E-state index contributed by atoms with van der Waals surface area (Å²) in [7, 11) is 4.43. The predicted molar refractivity (Wildman–Crippen MR) is 104 cm³/mol. The van der Waals surface area contributed by atoms with Gasteiger partial charge in [-0.3, -0.25) is 9.36 Å². The van der Waals surface area contributed by atoms with Crippen molar-refractivity contribution in [3.8, 4) is 22.6 Å². The van der Waals surface area contributed by atoms with Gasteiger partial charge in [0.05, 0.1) is 33.0 Å². The summed E-state index contributed by atoms with van der Waals surface area (Å²) in [5.41, 5.74) is 1.27. The van der Waals surface area contributed by atoms with Gasteiger partial charge in [-0.1, -0.05) is 13.0 Å². The first-order valence-corrected chi connectivity index (χ1v) is 9.22. The number of carbonyl (C=O) groups excluding carboxylic acids is 1. The number of thiophene rings is 1. The number of rotatable bonds is 6. The van der Waals surface area contributed by atoms with Crippen LogP contribution in [0.25, 0.3) is 21.3 Å². The van der Waals surface area contributed by atoms with Crippen LogP contribution in [-0.4, -0.2) is 36.8 Å². The van der Waals surface area contributed by atoms with E-state index >= 15 is 0 Å². The van der Waals surface area contributed by atoms with Crippen molar-refractivity contribution < 1.29 is 19.0 Å². The number of fused-ring (bicyclic) bond motifs is 1. The second-order valence-electron chi connectivity index (χ2n) is 5.80. The summed E-state index contributed by atoms with van der Waals surface area (Å²) >= 11 is 1.38. The Kier molecular flexibility index (Phi) is 5.46. The average molecular weight is 388 g/mol. The molecule has 0 saturated carbocycles. The highest BCUT2D eigenvalue weighted by molar-refractivity contribution is 7.17. The zero-order valence-corrected chi connectivity index (χ0v) is 16.3. The average Bonchev–Trinajstić information content (AvgIpc) is 3.14. The number of hydrogen-bond donors (Lipinski definition) is 0. The van der Waals surface area contributed by atoms with Gasteiger partial charge in [0.2, 0.25) is 0 Å². The summed E-state index contributed by atoms with van der Waals surface area (Å²) in [6.45, 7) is 1.82. The summed E-state index contributed by atoms with van der Waals surface area (Å²) in [6.07, 6.45) is 1.83. The van der Waals surface area contributed by atoms with Gasteiger partial charge in [-0.25, -0.2) is 9.78 Å². The predicted octanol–water partition coefficient (Wildman–Crippen LogP) is 3.27. The Balaban J connectivity index is 2.20. The molecule has 0 aliphatic rings. The minimum absolute atomic E-state index is 0.275. The molecule has 0 aliphatic carbocycles. The van der Waals surface area contributed by atoms with Crippen LogP contribution in [-0.2, 0) is 9.53 Å². The Morgan fingerprint density at radius 2 is 1.96 bits per heavy atom. The van der Waals surface area contributed by atoms with Crippen molar-refractivity contribution in [2.24, 2.45) is 0 Å². The molecule has 0 amide bonds. The third kappa shape index (κ3) is 3.28. The molecule has 27 heavy (non-hydrogen) atoms. The van der Waals surface area contributed by atoms with Crippen LogP contribution >= 0.6 is 11.3 Å². The Labute approximate surface area is 160 Å². The van der Waals surface area contributed by atoms with E-state index in [1.807, 2.05) is 24.4 Å². The van der Waals surface area contributed by atoms with E-state index in [-0.39, 0.29) is 5.56 Å². The highest BCUT2D eigenvalue weighted by Gasteiger charge is 2.23. The van der Waals surface area contributed by atoms with Gasteiger partial charge in [0.15, 0.2) is 11.5 Å². The van der Waals surface area contributed by atoms with Crippen molar-refractivity contribution in [3.63, 3.8) is 0 Å². The Morgan fingerprint density at radius 3 is 2.59 bits per heavy atom. The molecule has 0 saturated heterocycles. The van der Waals surface area contributed by atoms with Crippen molar-refractivity contribution >= 4 is 27.5 Å². The first kappa shape index (κ1) is 18.9. The molecule has 1 aromatic carbocycles. The van der Waals surface area contributed by atoms with E-state index in [2.05, 4.69) is 4.98 Å². The lowest BCUT2D eigenvalue weighted by atomic mass is 10.1. The minimum atomic E-state index is -0.711. The van der Waals surface area contributed by atoms with Crippen molar-refractivity contribution in [3.05, 3.63) is 40.3 Å². The maximum Gasteiger partial charge on any atom is 0.329 e. The summed E-state index contributed by atoms with van der Waals surface area (Å²) in [5, 5.41) is 2.35. The van der Waals surface area contributed by atoms with E-state index in [0.717, 1.165) is 11.1 Å². The van der Waals surface area contributed by atoms with Crippen LogP contribution < -0.4 is 15.0 Å². The van der Waals surface area contributed by atoms with Crippen LogP contribution in [0.3, 0.4) is 0 Å². The van der Waals surface area contributed by atoms with Gasteiger partial charge in [-0.2, -0.15) is 0 Å². The number of esters is 1. The minimum Gasteiger partial charge on any atom is -0.493 e. The van der Waals surface area contributed by atoms with Crippen molar-refractivity contribution in [1.82, 2.24) is 9.55 Å². The molecule has 2 aromatic heterocycles. The molecule has 8 heteroatoms. The van der Waals surface area contributed by atoms with E-state index in [4.69, 9.17) is 14.2 Å². The number of ether oxygens (including phenoxy) is 3. The number of benzene rings is 1. The second-order valence-corrected chi connectivity index (χ2v) is 6.66. The van der Waals surface area contributed by atoms with E-state index in [0.29, 0.717) is 28.1 Å². The molecule has 142 valence electrons. The molecule has 7 nitrogen and oxygen atoms in total. The largest absolute Gasteiger partial charge is 0.493 e. The fraction of sp³-hybridized carbons (Fsp3) is 0.316. The SMILES string of the molecule is CCC(C(=O)OC)n1cnc2scc(-c3ccc(OC)c(OC)c3)c2c1=O. The van der Waals surface area contributed by atoms with E-state index in [1.165, 1.54) is 29.3 Å². The fourth-order valence-corrected chi connectivity index (χ4v) is 3.90. The second kappa shape index (κ2) is 7.79. The van der Waals surface area contributed by atoms with Crippen LogP contribution in [0.2, 0.25) is 0 Å². The van der Waals surface area contributed by atoms with Gasteiger partial charge in [-0.05, 0) is 24.1 Å². The molecule has 0 radical (unpaired) electrons. The zero-order valence-electron chi connectivity index (χ0n) is 15.5. The summed E-state index contributed by atoms with van der Waals surface area (Å²) in [6, 6.07) is 4.75. The lowest BCUT2D eigenvalue weighted by Crippen LogP contribution is -2.30. The number of carbonyl (C=O) groups is 1. The maximum absolute atomic E-state index is 13.1. The van der Waals surface area contributed by atoms with Crippen molar-refractivity contribution in [1.29, 1.82) is 0 Å². The zero-order chi connectivity index (χ0) is 19.6. The van der Waals surface area contributed by atoms with Crippen LogP contribution in [0.15, 0.2) is 34.7 Å². The molecule has 2 heterocycles. The Hall–Kier alpha value is -2.87. The van der Waals surface area contributed by atoms with E-state index in [9.17, 15) is 9.59 Å². The van der Waals surface area contributed by atoms with Gasteiger partial charge < -0.3 is 14.2 Å². The normalized spacial score (nSPS) is 12.0. The Bertz CT molecular complexity index is 1040. The highest BCUT2D eigenvalue weighted by Crippen LogP contribution is 2.36. The highest BCUT2D eigenvalue weighted by atomic mass is 32.1. The van der Waals surface area contributed by atoms with Gasteiger partial charge in [0.1, 0.15) is 10.9 Å². The molecule has 0 aliphatic heterocycles. The van der Waals surface area contributed by atoms with Crippen molar-refractivity contribution in [2.45, 2.75) is 19.4 Å². The molecule has 0 bridgehead atoms. The lowest BCUT2D eigenvalue weighted by molar-refractivity contribution is -0.144. The summed E-state index contributed by atoms with van der Waals surface area (Å²) < 4.78 is 16.8. The van der Waals surface area contributed by atoms with Crippen LogP contribution in [0.1, 0.15) is 19.4 Å².